The number of nitrogens with one attached hydrogen (secondary N) is 1. The summed E-state index contributed by atoms with van der Waals surface area (Å²) in [6.45, 7) is 7.33. The normalized spacial score (nSPS) is 27.8. The summed E-state index contributed by atoms with van der Waals surface area (Å²) in [7, 11) is -1.23. The molecule has 6 heteroatoms. The van der Waals surface area contributed by atoms with Crippen molar-refractivity contribution >= 4 is 11.0 Å². The minimum Gasteiger partial charge on any atom is -0.493 e. The molecule has 0 aromatic heterocycles. The van der Waals surface area contributed by atoms with Crippen LogP contribution in [0.1, 0.15) is 45.2 Å². The Balaban J connectivity index is 1.94. The molecule has 2 heterocycles. The first-order chi connectivity index (χ1) is 11.3. The maximum atomic E-state index is 12.7. The highest BCUT2D eigenvalue weighted by Crippen LogP contribution is 2.44. The largest absolute Gasteiger partial charge is 0.493 e. The van der Waals surface area contributed by atoms with Crippen LogP contribution in [0.2, 0.25) is 0 Å². The number of hydrogen-bond donors (Lipinski definition) is 2. The number of aliphatic hydroxyl groups is 1. The van der Waals surface area contributed by atoms with Gasteiger partial charge in [-0.25, -0.2) is 8.93 Å². The van der Waals surface area contributed by atoms with E-state index in [9.17, 15) is 9.32 Å². The molecule has 0 spiro atoms. The molecule has 2 N–H and O–H groups in total. The summed E-state index contributed by atoms with van der Waals surface area (Å²) >= 11 is 0. The summed E-state index contributed by atoms with van der Waals surface area (Å²) in [5.74, 6) is 0.635. The van der Waals surface area contributed by atoms with Crippen LogP contribution in [-0.4, -0.2) is 39.5 Å². The lowest BCUT2D eigenvalue weighted by Gasteiger charge is -2.45. The quantitative estimate of drug-likeness (QED) is 0.875. The summed E-state index contributed by atoms with van der Waals surface area (Å²) < 4.78 is 27.0. The van der Waals surface area contributed by atoms with Gasteiger partial charge in [-0.1, -0.05) is 18.2 Å². The van der Waals surface area contributed by atoms with E-state index in [1.165, 1.54) is 0 Å². The van der Waals surface area contributed by atoms with Crippen LogP contribution in [-0.2, 0) is 15.7 Å². The number of benzene rings is 1. The maximum Gasteiger partial charge on any atom is 0.124 e. The molecule has 3 atom stereocenters. The summed E-state index contributed by atoms with van der Waals surface area (Å²) in [5, 5.41) is 11.2. The van der Waals surface area contributed by atoms with E-state index < -0.39 is 16.6 Å². The Morgan fingerprint density at radius 2 is 1.92 bits per heavy atom. The average molecular weight is 353 g/mol. The Labute approximate surface area is 146 Å². The van der Waals surface area contributed by atoms with Gasteiger partial charge in [0.05, 0.1) is 34.0 Å². The van der Waals surface area contributed by atoms with Crippen LogP contribution in [0.5, 0.6) is 5.75 Å². The molecule has 2 aliphatic rings. The maximum absolute atomic E-state index is 12.7. The molecule has 2 aliphatic heterocycles. The van der Waals surface area contributed by atoms with Crippen molar-refractivity contribution in [1.29, 1.82) is 0 Å². The number of ether oxygens (including phenoxy) is 2. The van der Waals surface area contributed by atoms with Crippen LogP contribution >= 0.6 is 0 Å². The van der Waals surface area contributed by atoms with E-state index in [4.69, 9.17) is 9.47 Å². The van der Waals surface area contributed by atoms with Crippen LogP contribution in [0.15, 0.2) is 24.3 Å². The first-order valence-electron chi connectivity index (χ1n) is 8.51. The second-order valence-corrected chi connectivity index (χ2v) is 9.65. The molecule has 0 saturated carbocycles. The van der Waals surface area contributed by atoms with Crippen molar-refractivity contribution in [3.8, 4) is 5.75 Å². The fraction of sp³-hybridized carbons (Fsp3) is 0.667. The van der Waals surface area contributed by atoms with Crippen molar-refractivity contribution in [2.75, 3.05) is 19.8 Å². The fourth-order valence-corrected chi connectivity index (χ4v) is 4.24. The van der Waals surface area contributed by atoms with Gasteiger partial charge in [-0.2, -0.15) is 0 Å². The zero-order valence-electron chi connectivity index (χ0n) is 14.6. The van der Waals surface area contributed by atoms with Crippen molar-refractivity contribution in [3.05, 3.63) is 29.8 Å². The monoisotopic (exact) mass is 353 g/mol. The van der Waals surface area contributed by atoms with Crippen LogP contribution in [0.4, 0.5) is 0 Å². The van der Waals surface area contributed by atoms with Gasteiger partial charge in [0.25, 0.3) is 0 Å². The summed E-state index contributed by atoms with van der Waals surface area (Å²) in [4.78, 5) is 0. The molecule has 0 radical (unpaired) electrons. The Morgan fingerprint density at radius 1 is 1.25 bits per heavy atom. The molecule has 134 valence electrons. The molecule has 3 rings (SSSR count). The third kappa shape index (κ3) is 3.52. The van der Waals surface area contributed by atoms with E-state index >= 15 is 0 Å². The van der Waals surface area contributed by atoms with E-state index in [0.29, 0.717) is 32.7 Å². The summed E-state index contributed by atoms with van der Waals surface area (Å²) in [6.07, 6.45) is 1.15. The summed E-state index contributed by atoms with van der Waals surface area (Å²) in [6, 6.07) is 7.58. The molecule has 0 amide bonds. The van der Waals surface area contributed by atoms with E-state index in [2.05, 4.69) is 4.72 Å². The SMILES string of the molecule is CC(C)(C)[S@](=O)N[C@H]1c2ccccc2OC[C@@H]1C1(O)CCOCC1. The van der Waals surface area contributed by atoms with Crippen LogP contribution < -0.4 is 9.46 Å². The predicted molar refractivity (Wildman–Crippen MR) is 94.2 cm³/mol. The molecular formula is C18H27NO4S. The lowest BCUT2D eigenvalue weighted by molar-refractivity contribution is -0.119. The van der Waals surface area contributed by atoms with Gasteiger partial charge in [0, 0.05) is 37.5 Å². The molecule has 1 aromatic carbocycles. The zero-order valence-corrected chi connectivity index (χ0v) is 15.4. The zero-order chi connectivity index (χ0) is 17.4. The Hall–Kier alpha value is -0.950. The third-order valence-electron chi connectivity index (χ3n) is 4.91. The molecule has 1 aromatic rings. The van der Waals surface area contributed by atoms with Crippen molar-refractivity contribution < 1.29 is 18.8 Å². The van der Waals surface area contributed by atoms with Gasteiger partial charge in [0.1, 0.15) is 5.75 Å². The Kier molecular flexibility index (Phi) is 5.02. The van der Waals surface area contributed by atoms with Crippen LogP contribution in [0, 0.1) is 5.92 Å². The molecule has 0 bridgehead atoms. The topological polar surface area (TPSA) is 67.8 Å². The van der Waals surface area contributed by atoms with Gasteiger partial charge < -0.3 is 14.6 Å². The van der Waals surface area contributed by atoms with Crippen molar-refractivity contribution in [1.82, 2.24) is 4.72 Å². The second kappa shape index (κ2) is 6.75. The fourth-order valence-electron chi connectivity index (χ4n) is 3.36. The standard InChI is InChI=1S/C18H27NO4S/c1-17(2,3)24(21)19-16-13-6-4-5-7-15(13)23-12-14(16)18(20)8-10-22-11-9-18/h4-7,14,16,19-20H,8-12H2,1-3H3/t14-,16-,24-/m0/s1. The molecule has 24 heavy (non-hydrogen) atoms. The van der Waals surface area contributed by atoms with Gasteiger partial charge in [-0.05, 0) is 26.8 Å². The lowest BCUT2D eigenvalue weighted by Crippen LogP contribution is -2.53. The van der Waals surface area contributed by atoms with Gasteiger partial charge in [0.2, 0.25) is 0 Å². The number of rotatable bonds is 3. The molecule has 1 saturated heterocycles. The predicted octanol–water partition coefficient (Wildman–Crippen LogP) is 2.33. The van der Waals surface area contributed by atoms with Crippen LogP contribution in [0.3, 0.4) is 0 Å². The highest BCUT2D eigenvalue weighted by molar-refractivity contribution is 7.84. The number of para-hydroxylation sites is 1. The number of fused-ring (bicyclic) bond motifs is 1. The van der Waals surface area contributed by atoms with Crippen molar-refractivity contribution in [3.63, 3.8) is 0 Å². The van der Waals surface area contributed by atoms with Crippen LogP contribution in [0.25, 0.3) is 0 Å². The van der Waals surface area contributed by atoms with Gasteiger partial charge in [-0.15, -0.1) is 0 Å². The molecule has 1 fully saturated rings. The second-order valence-electron chi connectivity index (χ2n) is 7.65. The van der Waals surface area contributed by atoms with E-state index in [-0.39, 0.29) is 16.7 Å². The van der Waals surface area contributed by atoms with E-state index in [1.807, 2.05) is 45.0 Å². The molecular weight excluding hydrogens is 326 g/mol. The molecule has 5 nitrogen and oxygen atoms in total. The van der Waals surface area contributed by atoms with Crippen molar-refractivity contribution in [2.45, 2.75) is 50.0 Å². The average Bonchev–Trinajstić information content (AvgIpc) is 2.54. The Bertz CT molecular complexity index is 607. The smallest absolute Gasteiger partial charge is 0.124 e. The van der Waals surface area contributed by atoms with E-state index in [1.54, 1.807) is 0 Å². The first-order valence-corrected chi connectivity index (χ1v) is 9.66. The lowest BCUT2D eigenvalue weighted by atomic mass is 9.74. The summed E-state index contributed by atoms with van der Waals surface area (Å²) in [5.41, 5.74) is 0.0946. The first kappa shape index (κ1) is 17.9. The third-order valence-corrected chi connectivity index (χ3v) is 6.49. The molecule has 0 unspecified atom stereocenters. The van der Waals surface area contributed by atoms with E-state index in [0.717, 1.165) is 11.3 Å². The number of hydrogen-bond acceptors (Lipinski definition) is 4. The van der Waals surface area contributed by atoms with Gasteiger partial charge >= 0.3 is 0 Å². The van der Waals surface area contributed by atoms with Gasteiger partial charge in [-0.3, -0.25) is 0 Å². The highest BCUT2D eigenvalue weighted by Gasteiger charge is 2.47. The highest BCUT2D eigenvalue weighted by atomic mass is 32.2. The van der Waals surface area contributed by atoms with Crippen molar-refractivity contribution in [2.24, 2.45) is 5.92 Å². The molecule has 0 aliphatic carbocycles. The minimum absolute atomic E-state index is 0.164. The van der Waals surface area contributed by atoms with Gasteiger partial charge in [0.15, 0.2) is 0 Å². The minimum atomic E-state index is -1.23. The Morgan fingerprint density at radius 3 is 2.58 bits per heavy atom.